The molecule has 2 aromatic carbocycles. The Balaban J connectivity index is 1.40. The molecule has 1 aliphatic rings. The summed E-state index contributed by atoms with van der Waals surface area (Å²) in [5.41, 5.74) is 5.12. The third-order valence-electron chi connectivity index (χ3n) is 6.50. The highest BCUT2D eigenvalue weighted by Crippen LogP contribution is 2.17. The van der Waals surface area contributed by atoms with Gasteiger partial charge in [-0.05, 0) is 44.0 Å². The summed E-state index contributed by atoms with van der Waals surface area (Å²) in [6.07, 6.45) is 4.84. The van der Waals surface area contributed by atoms with E-state index >= 15 is 0 Å². The molecule has 2 amide bonds. The van der Waals surface area contributed by atoms with Gasteiger partial charge in [0.2, 0.25) is 0 Å². The van der Waals surface area contributed by atoms with E-state index < -0.39 is 11.8 Å². The van der Waals surface area contributed by atoms with E-state index in [2.05, 4.69) is 20.9 Å². The maximum absolute atomic E-state index is 13.0. The number of nitrogens with zero attached hydrogens (tertiary/aromatic N) is 4. The van der Waals surface area contributed by atoms with Crippen LogP contribution in [0, 0.1) is 0 Å². The predicted molar refractivity (Wildman–Crippen MR) is 135 cm³/mol. The number of carbonyl (C=O) groups is 2. The summed E-state index contributed by atoms with van der Waals surface area (Å²) in [7, 11) is 0. The van der Waals surface area contributed by atoms with Crippen molar-refractivity contribution in [2.45, 2.75) is 52.1 Å². The predicted octanol–water partition coefficient (Wildman–Crippen LogP) is 2.32. The first-order valence-electron chi connectivity index (χ1n) is 12.1. The van der Waals surface area contributed by atoms with E-state index in [1.807, 2.05) is 0 Å². The minimum Gasteiger partial charge on any atom is -0.296 e. The summed E-state index contributed by atoms with van der Waals surface area (Å²) in [4.78, 5) is 55.9. The van der Waals surface area contributed by atoms with Crippen molar-refractivity contribution in [3.05, 3.63) is 80.3 Å². The van der Waals surface area contributed by atoms with Gasteiger partial charge in [0.15, 0.2) is 5.69 Å². The minimum atomic E-state index is -0.653. The highest BCUT2D eigenvalue weighted by molar-refractivity contribution is 6.06. The van der Waals surface area contributed by atoms with Gasteiger partial charge < -0.3 is 0 Å². The van der Waals surface area contributed by atoms with E-state index in [-0.39, 0.29) is 22.4 Å². The lowest BCUT2D eigenvalue weighted by molar-refractivity contribution is 0.0843. The number of fused-ring (bicyclic) bond motifs is 3. The zero-order valence-electron chi connectivity index (χ0n) is 19.9. The zero-order valence-corrected chi connectivity index (χ0v) is 19.9. The van der Waals surface area contributed by atoms with Crippen LogP contribution in [0.15, 0.2) is 52.1 Å². The molecular formula is C26H26N6O4. The van der Waals surface area contributed by atoms with E-state index in [1.165, 1.54) is 10.7 Å². The number of nitrogens with one attached hydrogen (secondary N) is 2. The van der Waals surface area contributed by atoms with Crippen molar-refractivity contribution in [3.63, 3.8) is 0 Å². The summed E-state index contributed by atoms with van der Waals surface area (Å²) >= 11 is 0. The van der Waals surface area contributed by atoms with Crippen LogP contribution >= 0.6 is 0 Å². The molecule has 1 aliphatic heterocycles. The summed E-state index contributed by atoms with van der Waals surface area (Å²) in [5.74, 6) is -0.477. The van der Waals surface area contributed by atoms with Crippen molar-refractivity contribution in [2.24, 2.45) is 0 Å². The molecule has 0 unspecified atom stereocenters. The van der Waals surface area contributed by atoms with Crippen molar-refractivity contribution in [1.82, 2.24) is 30.2 Å². The highest BCUT2D eigenvalue weighted by atomic mass is 16.2. The molecule has 2 N–H and O–H groups in total. The summed E-state index contributed by atoms with van der Waals surface area (Å²) < 4.78 is 2.95. The second-order valence-corrected chi connectivity index (χ2v) is 8.80. The van der Waals surface area contributed by atoms with Gasteiger partial charge in [0, 0.05) is 30.5 Å². The number of hydrazine groups is 1. The molecule has 0 bridgehead atoms. The molecule has 5 rings (SSSR count). The second-order valence-electron chi connectivity index (χ2n) is 8.80. The normalized spacial score (nSPS) is 13.6. The molecule has 10 nitrogen and oxygen atoms in total. The van der Waals surface area contributed by atoms with Gasteiger partial charge in [0.05, 0.1) is 16.3 Å². The van der Waals surface area contributed by atoms with Crippen molar-refractivity contribution in [3.8, 4) is 0 Å². The third kappa shape index (κ3) is 4.26. The molecule has 0 radical (unpaired) electrons. The topological polar surface area (TPSA) is 128 Å². The first-order chi connectivity index (χ1) is 17.5. The molecular weight excluding hydrogens is 460 g/mol. The van der Waals surface area contributed by atoms with Crippen LogP contribution in [0.1, 0.15) is 59.3 Å². The summed E-state index contributed by atoms with van der Waals surface area (Å²) in [6.45, 7) is 2.70. The molecule has 36 heavy (non-hydrogen) atoms. The Morgan fingerprint density at radius 2 is 1.64 bits per heavy atom. The monoisotopic (exact) mass is 486 g/mol. The van der Waals surface area contributed by atoms with Gasteiger partial charge in [0.1, 0.15) is 5.82 Å². The molecule has 4 aromatic rings. The Labute approximate surface area is 205 Å². The Hall–Kier alpha value is -4.34. The van der Waals surface area contributed by atoms with Crippen LogP contribution in [0.3, 0.4) is 0 Å². The van der Waals surface area contributed by atoms with Crippen molar-refractivity contribution < 1.29 is 9.59 Å². The molecule has 10 heteroatoms. The zero-order chi connectivity index (χ0) is 25.2. The molecule has 0 spiro atoms. The molecule has 2 aromatic heterocycles. The van der Waals surface area contributed by atoms with Crippen molar-refractivity contribution in [2.75, 3.05) is 0 Å². The summed E-state index contributed by atoms with van der Waals surface area (Å²) in [6, 6.07) is 11.4. The van der Waals surface area contributed by atoms with Crippen LogP contribution < -0.4 is 22.0 Å². The fourth-order valence-electron chi connectivity index (χ4n) is 4.60. The number of hydrogen-bond donors (Lipinski definition) is 2. The standard InChI is InChI=1S/C26H26N6O4/c1-2-32-26(36)18-10-7-6-9-17(18)22(30-32)24(34)29-28-23(33)16-12-13-19-20(15-16)27-21-11-5-3-4-8-14-31(21)25(19)35/h6-7,9-10,12-13,15H,2-5,8,11,14H2,1H3,(H,28,33)(H,29,34). The molecule has 0 saturated heterocycles. The average Bonchev–Trinajstić information content (AvgIpc) is 2.88. The van der Waals surface area contributed by atoms with Gasteiger partial charge in [-0.25, -0.2) is 9.67 Å². The molecule has 0 fully saturated rings. The lowest BCUT2D eigenvalue weighted by Crippen LogP contribution is -2.42. The maximum Gasteiger partial charge on any atom is 0.290 e. The van der Waals surface area contributed by atoms with Gasteiger partial charge in [-0.15, -0.1) is 0 Å². The fraction of sp³-hybridized carbons (Fsp3) is 0.308. The number of aromatic nitrogens is 4. The van der Waals surface area contributed by atoms with Gasteiger partial charge in [-0.2, -0.15) is 5.10 Å². The number of aryl methyl sites for hydroxylation is 2. The van der Waals surface area contributed by atoms with Crippen molar-refractivity contribution in [1.29, 1.82) is 0 Å². The maximum atomic E-state index is 13.0. The lowest BCUT2D eigenvalue weighted by atomic mass is 10.1. The number of rotatable bonds is 3. The van der Waals surface area contributed by atoms with Crippen LogP contribution in [0.4, 0.5) is 0 Å². The minimum absolute atomic E-state index is 0.0270. The van der Waals surface area contributed by atoms with Crippen LogP contribution in [-0.2, 0) is 19.5 Å². The average molecular weight is 487 g/mol. The SMILES string of the molecule is CCn1nc(C(=O)NNC(=O)c2ccc3c(=O)n4c(nc3c2)CCCCCC4)c2ccccc2c1=O. The van der Waals surface area contributed by atoms with Crippen molar-refractivity contribution >= 4 is 33.5 Å². The summed E-state index contributed by atoms with van der Waals surface area (Å²) in [5, 5.41) is 5.39. The van der Waals surface area contributed by atoms with Gasteiger partial charge in [-0.1, -0.05) is 31.0 Å². The Morgan fingerprint density at radius 3 is 2.44 bits per heavy atom. The van der Waals surface area contributed by atoms with Crippen LogP contribution in [0.5, 0.6) is 0 Å². The number of carbonyl (C=O) groups excluding carboxylic acids is 2. The van der Waals surface area contributed by atoms with E-state index in [0.29, 0.717) is 34.8 Å². The van der Waals surface area contributed by atoms with Gasteiger partial charge in [0.25, 0.3) is 22.9 Å². The van der Waals surface area contributed by atoms with E-state index in [1.54, 1.807) is 47.9 Å². The molecule has 0 saturated carbocycles. The van der Waals surface area contributed by atoms with Gasteiger partial charge >= 0.3 is 0 Å². The number of benzene rings is 2. The van der Waals surface area contributed by atoms with E-state index in [4.69, 9.17) is 0 Å². The first kappa shape index (κ1) is 23.4. The first-order valence-corrected chi connectivity index (χ1v) is 12.1. The number of hydrogen-bond acceptors (Lipinski definition) is 6. The molecule has 0 aliphatic carbocycles. The Morgan fingerprint density at radius 1 is 0.889 bits per heavy atom. The Bertz CT molecular complexity index is 1620. The number of amides is 2. The fourth-order valence-corrected chi connectivity index (χ4v) is 4.60. The van der Waals surface area contributed by atoms with E-state index in [9.17, 15) is 19.2 Å². The lowest BCUT2D eigenvalue weighted by Gasteiger charge is -2.16. The molecule has 3 heterocycles. The van der Waals surface area contributed by atoms with Crippen LogP contribution in [0.2, 0.25) is 0 Å². The molecule has 0 atom stereocenters. The third-order valence-corrected chi connectivity index (χ3v) is 6.50. The largest absolute Gasteiger partial charge is 0.296 e. The second kappa shape index (κ2) is 9.73. The molecule has 184 valence electrons. The Kier molecular flexibility index (Phi) is 6.32. The van der Waals surface area contributed by atoms with E-state index in [0.717, 1.165) is 37.9 Å². The smallest absolute Gasteiger partial charge is 0.290 e. The highest BCUT2D eigenvalue weighted by Gasteiger charge is 2.18. The quantitative estimate of drug-likeness (QED) is 0.428. The van der Waals surface area contributed by atoms with Crippen LogP contribution in [-0.4, -0.2) is 31.1 Å². The van der Waals surface area contributed by atoms with Gasteiger partial charge in [-0.3, -0.25) is 34.6 Å². The van der Waals surface area contributed by atoms with Crippen LogP contribution in [0.25, 0.3) is 21.7 Å².